The number of nitrogens with zero attached hydrogens (tertiary/aromatic N) is 3. The number of amides is 8. The Morgan fingerprint density at radius 1 is 1.00 bits per heavy atom. The number of alkyl halides is 2. The minimum absolute atomic E-state index is 0.0566. The zero-order chi connectivity index (χ0) is 48.4. The monoisotopic (exact) mass is 953 g/mol. The van der Waals surface area contributed by atoms with Crippen molar-refractivity contribution < 1.29 is 61.5 Å². The molecule has 23 heteroatoms. The Morgan fingerprint density at radius 2 is 1.78 bits per heavy atom. The molecule has 20 nitrogen and oxygen atoms in total. The van der Waals surface area contributed by atoms with Crippen molar-refractivity contribution >= 4 is 65.8 Å². The van der Waals surface area contributed by atoms with Crippen molar-refractivity contribution in [3.05, 3.63) is 70.4 Å². The van der Waals surface area contributed by atoms with E-state index in [9.17, 15) is 61.5 Å². The largest absolute Gasteiger partial charge is 0.399 e. The molecule has 4 aliphatic heterocycles. The SMILES string of the molecule is CN1CC[C@H]2CC[C@@H](C(=O)N[C@@H](CCC(N)=O)C(=O)NCCCCCc3cccc4c3CN(C3CCC(=O)NC3=O)C4=O)N2C(=O)[C@@H](NC(=O)c2cc3cc(C(F)(F)P(=O)(O)O)ccc3[nH]2)C1. The molecule has 3 aromatic rings. The molecule has 5 heterocycles. The molecule has 2 aromatic carbocycles. The summed E-state index contributed by atoms with van der Waals surface area (Å²) in [5, 5.41) is 10.6. The average molecular weight is 954 g/mol. The van der Waals surface area contributed by atoms with E-state index in [2.05, 4.69) is 26.3 Å². The van der Waals surface area contributed by atoms with Crippen molar-refractivity contribution in [2.24, 2.45) is 5.73 Å². The molecule has 1 aromatic heterocycles. The van der Waals surface area contributed by atoms with E-state index in [0.717, 1.165) is 35.7 Å². The molecule has 0 aliphatic carbocycles. The van der Waals surface area contributed by atoms with E-state index in [1.54, 1.807) is 19.2 Å². The molecule has 0 saturated carbocycles. The highest BCUT2D eigenvalue weighted by Gasteiger charge is 2.51. The Hall–Kier alpha value is -6.09. The van der Waals surface area contributed by atoms with Crippen molar-refractivity contribution in [2.45, 2.75) is 113 Å². The van der Waals surface area contributed by atoms with Crippen LogP contribution in [0.1, 0.15) is 102 Å². The normalized spacial score (nSPS) is 21.9. The second-order valence-electron chi connectivity index (χ2n) is 17.7. The van der Waals surface area contributed by atoms with Crippen LogP contribution in [-0.4, -0.2) is 134 Å². The first-order valence-electron chi connectivity index (χ1n) is 22.2. The number of carbonyl (C=O) groups excluding carboxylic acids is 8. The third-order valence-electron chi connectivity index (χ3n) is 13.0. The number of rotatable bonds is 17. The number of imide groups is 1. The number of H-pyrrole nitrogens is 1. The van der Waals surface area contributed by atoms with Crippen LogP contribution < -0.4 is 27.0 Å². The Labute approximate surface area is 383 Å². The molecule has 5 atom stereocenters. The summed E-state index contributed by atoms with van der Waals surface area (Å²) in [4.78, 5) is 131. The van der Waals surface area contributed by atoms with Gasteiger partial charge in [-0.05, 0) is 100 Å². The van der Waals surface area contributed by atoms with Crippen LogP contribution in [0, 0.1) is 0 Å². The average Bonchev–Trinajstić information content (AvgIpc) is 3.99. The molecular weight excluding hydrogens is 900 g/mol. The number of unbranched alkanes of at least 4 members (excludes halogenated alkanes) is 2. The van der Waals surface area contributed by atoms with Crippen molar-refractivity contribution in [3.63, 3.8) is 0 Å². The minimum Gasteiger partial charge on any atom is -0.370 e. The number of aryl methyl sites for hydroxylation is 1. The fourth-order valence-electron chi connectivity index (χ4n) is 9.40. The molecule has 0 radical (unpaired) electrons. The Balaban J connectivity index is 0.941. The van der Waals surface area contributed by atoms with Crippen LogP contribution in [0.2, 0.25) is 0 Å². The second kappa shape index (κ2) is 20.0. The van der Waals surface area contributed by atoms with Crippen molar-refractivity contribution in [1.82, 2.24) is 41.0 Å². The van der Waals surface area contributed by atoms with Crippen LogP contribution in [0.4, 0.5) is 8.78 Å². The summed E-state index contributed by atoms with van der Waals surface area (Å²) in [7, 11) is -4.08. The van der Waals surface area contributed by atoms with Gasteiger partial charge in [0.05, 0.1) is 0 Å². The van der Waals surface area contributed by atoms with Gasteiger partial charge in [-0.3, -0.25) is 48.2 Å². The Kier molecular flexibility index (Phi) is 14.6. The van der Waals surface area contributed by atoms with Gasteiger partial charge in [0.2, 0.25) is 35.4 Å². The number of aromatic amines is 1. The third-order valence-corrected chi connectivity index (χ3v) is 14.0. The van der Waals surface area contributed by atoms with E-state index in [-0.39, 0.29) is 86.2 Å². The molecule has 8 amide bonds. The summed E-state index contributed by atoms with van der Waals surface area (Å²) in [5.74, 6) is -4.26. The number of fused-ring (bicyclic) bond motifs is 3. The smallest absolute Gasteiger partial charge is 0.370 e. The summed E-state index contributed by atoms with van der Waals surface area (Å²) in [6, 6.07) is 5.09. The van der Waals surface area contributed by atoms with Gasteiger partial charge in [-0.2, -0.15) is 8.78 Å². The van der Waals surface area contributed by atoms with Gasteiger partial charge in [0, 0.05) is 60.5 Å². The topological polar surface area (TPSA) is 294 Å². The fourth-order valence-corrected chi connectivity index (χ4v) is 9.88. The highest BCUT2D eigenvalue weighted by molar-refractivity contribution is 7.52. The van der Waals surface area contributed by atoms with Crippen LogP contribution in [0.5, 0.6) is 0 Å². The van der Waals surface area contributed by atoms with Crippen LogP contribution >= 0.6 is 7.60 Å². The lowest BCUT2D eigenvalue weighted by atomic mass is 9.98. The van der Waals surface area contributed by atoms with Crippen molar-refractivity contribution in [3.8, 4) is 0 Å². The maximum Gasteiger partial charge on any atom is 0.399 e. The standard InChI is InChI=1S/C44H54F2N9O11P/c1-53-19-17-27-10-13-35(55(27)43(63)33(23-53)51-39(59)32-21-25-20-26(9-11-30(25)49-32)44(45,46)67(64,65)66)41(61)50-31(12-15-36(47)56)38(58)48-18-4-2-3-6-24-7-5-8-28-29(24)22-54(42(28)62)34-14-16-37(57)52-40(34)60/h5,7-9,11,20-21,27,31,33-35,49H,2-4,6,10,12-19,22-23H2,1H3,(H2,47,56)(H,48,58)(H,50,61)(H,51,59)(H,52,57,60)(H2,64,65,66)/t27-,31+,33+,34?,35+/m1/s1. The van der Waals surface area contributed by atoms with E-state index in [1.807, 2.05) is 11.0 Å². The first-order valence-corrected chi connectivity index (χ1v) is 23.8. The number of benzene rings is 2. The zero-order valence-electron chi connectivity index (χ0n) is 36.7. The molecule has 360 valence electrons. The van der Waals surface area contributed by atoms with E-state index >= 15 is 0 Å². The quantitative estimate of drug-likeness (QED) is 0.0539. The van der Waals surface area contributed by atoms with Gasteiger partial charge in [0.25, 0.3) is 11.8 Å². The van der Waals surface area contributed by atoms with E-state index in [1.165, 1.54) is 15.9 Å². The number of primary amides is 1. The molecule has 1 unspecified atom stereocenters. The number of likely N-dealkylation sites (N-methyl/N-ethyl adjacent to an activating group) is 1. The number of hydrogen-bond acceptors (Lipinski definition) is 10. The van der Waals surface area contributed by atoms with Crippen LogP contribution in [0.3, 0.4) is 0 Å². The number of aromatic nitrogens is 1. The molecule has 3 saturated heterocycles. The molecule has 0 spiro atoms. The lowest BCUT2D eigenvalue weighted by molar-refractivity contribution is -0.144. The van der Waals surface area contributed by atoms with Gasteiger partial charge < -0.3 is 51.2 Å². The van der Waals surface area contributed by atoms with Crippen LogP contribution in [0.15, 0.2) is 42.5 Å². The maximum atomic E-state index is 14.4. The zero-order valence-corrected chi connectivity index (χ0v) is 37.6. The lowest BCUT2D eigenvalue weighted by Crippen LogP contribution is -2.61. The Bertz CT molecular complexity index is 2530. The summed E-state index contributed by atoms with van der Waals surface area (Å²) in [6.07, 6.45) is 3.98. The third kappa shape index (κ3) is 10.7. The van der Waals surface area contributed by atoms with E-state index in [4.69, 9.17) is 5.73 Å². The van der Waals surface area contributed by atoms with Gasteiger partial charge in [-0.25, -0.2) is 0 Å². The molecule has 0 bridgehead atoms. The number of piperidine rings is 1. The predicted molar refractivity (Wildman–Crippen MR) is 235 cm³/mol. The van der Waals surface area contributed by atoms with Crippen molar-refractivity contribution in [2.75, 3.05) is 26.7 Å². The predicted octanol–water partition coefficient (Wildman–Crippen LogP) is 1.23. The molecule has 67 heavy (non-hydrogen) atoms. The van der Waals surface area contributed by atoms with Gasteiger partial charge in [-0.1, -0.05) is 24.6 Å². The number of carbonyl (C=O) groups is 8. The number of hydrogen-bond donors (Lipinski definition) is 8. The number of nitrogens with one attached hydrogen (secondary N) is 5. The summed E-state index contributed by atoms with van der Waals surface area (Å²) in [6.45, 7) is 1.08. The van der Waals surface area contributed by atoms with Crippen molar-refractivity contribution in [1.29, 1.82) is 0 Å². The maximum absolute atomic E-state index is 14.4. The van der Waals surface area contributed by atoms with Crippen LogP contribution in [-0.2, 0) is 52.0 Å². The molecule has 3 fully saturated rings. The van der Waals surface area contributed by atoms with Gasteiger partial charge >= 0.3 is 13.3 Å². The molecule has 9 N–H and O–H groups in total. The molecular formula is C44H54F2N9O11P. The molecule has 7 rings (SSSR count). The van der Waals surface area contributed by atoms with Gasteiger partial charge in [-0.15, -0.1) is 0 Å². The highest BCUT2D eigenvalue weighted by atomic mass is 31.2. The number of nitrogens with two attached hydrogens (primary N) is 1. The summed E-state index contributed by atoms with van der Waals surface area (Å²) >= 11 is 0. The minimum atomic E-state index is -5.85. The first kappa shape index (κ1) is 48.8. The summed E-state index contributed by atoms with van der Waals surface area (Å²) in [5.41, 5.74) is 2.45. The second-order valence-corrected chi connectivity index (χ2v) is 19.3. The van der Waals surface area contributed by atoms with E-state index in [0.29, 0.717) is 44.2 Å². The van der Waals surface area contributed by atoms with Gasteiger partial charge in [0.1, 0.15) is 29.9 Å². The number of halogens is 2. The van der Waals surface area contributed by atoms with E-state index < -0.39 is 78.4 Å². The van der Waals surface area contributed by atoms with Crippen LogP contribution in [0.25, 0.3) is 10.9 Å². The first-order chi connectivity index (χ1) is 31.7. The molecule has 4 aliphatic rings. The van der Waals surface area contributed by atoms with Gasteiger partial charge in [0.15, 0.2) is 0 Å². The fraction of sp³-hybridized carbons (Fsp3) is 0.500. The highest BCUT2D eigenvalue weighted by Crippen LogP contribution is 2.59. The Morgan fingerprint density at radius 3 is 2.51 bits per heavy atom. The summed E-state index contributed by atoms with van der Waals surface area (Å²) < 4.78 is 40.3. The lowest BCUT2D eigenvalue weighted by Gasteiger charge is -2.37.